The highest BCUT2D eigenvalue weighted by Gasteiger charge is 2.17. The number of hydrogen-bond donors (Lipinski definition) is 1. The van der Waals surface area contributed by atoms with Gasteiger partial charge in [-0.05, 0) is 38.2 Å². The second kappa shape index (κ2) is 6.56. The number of hydrogen-bond acceptors (Lipinski definition) is 5. The Kier molecular flexibility index (Phi) is 4.79. The lowest BCUT2D eigenvalue weighted by atomic mass is 10.2. The summed E-state index contributed by atoms with van der Waals surface area (Å²) in [5, 5.41) is 7.42. The number of anilines is 1. The molecule has 5 nitrogen and oxygen atoms in total. The van der Waals surface area contributed by atoms with Crippen LogP contribution in [-0.2, 0) is 0 Å². The number of pyridine rings is 1. The van der Waals surface area contributed by atoms with Crippen molar-refractivity contribution in [1.82, 2.24) is 10.1 Å². The number of nitrogens with one attached hydrogen (secondary N) is 1. The number of nitrogens with zero attached hydrogens (tertiary/aromatic N) is 2. The fourth-order valence-corrected chi connectivity index (χ4v) is 2.57. The zero-order valence-electron chi connectivity index (χ0n) is 11.8. The van der Waals surface area contributed by atoms with E-state index in [9.17, 15) is 4.79 Å². The number of amides is 1. The number of thioether (sulfide) groups is 1. The Morgan fingerprint density at radius 3 is 2.90 bits per heavy atom. The minimum absolute atomic E-state index is 0.189. The number of carbonyl (C=O) groups excluding carboxylic acids is 1. The van der Waals surface area contributed by atoms with Crippen LogP contribution in [0.4, 0.5) is 5.69 Å². The Labute approximate surface area is 122 Å². The third-order valence-corrected chi connectivity index (χ3v) is 3.94. The van der Waals surface area contributed by atoms with Crippen molar-refractivity contribution in [2.75, 3.05) is 11.1 Å². The molecule has 2 aromatic rings. The van der Waals surface area contributed by atoms with E-state index in [1.54, 1.807) is 43.9 Å². The molecule has 0 saturated heterocycles. The summed E-state index contributed by atoms with van der Waals surface area (Å²) in [4.78, 5) is 16.6. The van der Waals surface area contributed by atoms with Gasteiger partial charge in [0.2, 0.25) is 0 Å². The molecular formula is C14H17N3O2S. The van der Waals surface area contributed by atoms with Crippen molar-refractivity contribution in [2.24, 2.45) is 0 Å². The number of aromatic nitrogens is 2. The van der Waals surface area contributed by atoms with Crippen molar-refractivity contribution in [3.05, 3.63) is 35.3 Å². The highest BCUT2D eigenvalue weighted by molar-refractivity contribution is 7.99. The van der Waals surface area contributed by atoms with Crippen LogP contribution in [0.1, 0.15) is 35.2 Å². The van der Waals surface area contributed by atoms with E-state index in [0.29, 0.717) is 22.7 Å². The van der Waals surface area contributed by atoms with Crippen LogP contribution >= 0.6 is 11.8 Å². The Bertz CT molecular complexity index is 591. The van der Waals surface area contributed by atoms with Crippen molar-refractivity contribution in [1.29, 1.82) is 0 Å². The molecule has 0 spiro atoms. The predicted octanol–water partition coefficient (Wildman–Crippen LogP) is 3.44. The highest BCUT2D eigenvalue weighted by Crippen LogP contribution is 2.24. The predicted molar refractivity (Wildman–Crippen MR) is 79.2 cm³/mol. The summed E-state index contributed by atoms with van der Waals surface area (Å²) in [5.41, 5.74) is 1.87. The largest absolute Gasteiger partial charge is 0.359 e. The maximum atomic E-state index is 12.4. The first-order valence-corrected chi connectivity index (χ1v) is 7.44. The molecule has 0 aliphatic rings. The standard InChI is InChI=1S/C14H17N3O2S/c1-4-8-20-14-11(6-5-7-15-14)13(18)16-12-9(2)17-19-10(12)3/h5-7H,4,8H2,1-3H3,(H,16,18). The van der Waals surface area contributed by atoms with Crippen LogP contribution in [0.3, 0.4) is 0 Å². The van der Waals surface area contributed by atoms with Gasteiger partial charge in [-0.1, -0.05) is 12.1 Å². The number of aryl methyl sites for hydroxylation is 2. The molecule has 0 aliphatic heterocycles. The summed E-state index contributed by atoms with van der Waals surface area (Å²) in [6.45, 7) is 5.66. The van der Waals surface area contributed by atoms with Gasteiger partial charge in [-0.15, -0.1) is 11.8 Å². The molecule has 2 rings (SSSR count). The van der Waals surface area contributed by atoms with Crippen molar-refractivity contribution < 1.29 is 9.32 Å². The van der Waals surface area contributed by atoms with Crippen molar-refractivity contribution in [3.63, 3.8) is 0 Å². The molecule has 1 amide bonds. The summed E-state index contributed by atoms with van der Waals surface area (Å²) in [5.74, 6) is 1.34. The zero-order chi connectivity index (χ0) is 14.5. The minimum Gasteiger partial charge on any atom is -0.359 e. The Morgan fingerprint density at radius 2 is 2.25 bits per heavy atom. The summed E-state index contributed by atoms with van der Waals surface area (Å²) >= 11 is 1.59. The molecule has 106 valence electrons. The maximum absolute atomic E-state index is 12.4. The van der Waals surface area contributed by atoms with Gasteiger partial charge in [-0.25, -0.2) is 4.98 Å². The van der Waals surface area contributed by atoms with E-state index in [0.717, 1.165) is 17.2 Å². The van der Waals surface area contributed by atoms with Gasteiger partial charge >= 0.3 is 0 Å². The molecule has 2 aromatic heterocycles. The molecule has 0 saturated carbocycles. The van der Waals surface area contributed by atoms with Gasteiger partial charge in [-0.3, -0.25) is 4.79 Å². The fraction of sp³-hybridized carbons (Fsp3) is 0.357. The second-order valence-corrected chi connectivity index (χ2v) is 5.44. The van der Waals surface area contributed by atoms with Crippen LogP contribution in [0.25, 0.3) is 0 Å². The molecule has 0 fully saturated rings. The van der Waals surface area contributed by atoms with E-state index in [1.807, 2.05) is 0 Å². The molecule has 2 heterocycles. The lowest BCUT2D eigenvalue weighted by Gasteiger charge is -2.08. The van der Waals surface area contributed by atoms with Crippen LogP contribution in [0.15, 0.2) is 27.9 Å². The Hall–Kier alpha value is -1.82. The molecule has 20 heavy (non-hydrogen) atoms. The molecule has 0 unspecified atom stereocenters. The molecule has 1 N–H and O–H groups in total. The first-order valence-electron chi connectivity index (χ1n) is 6.45. The number of carbonyl (C=O) groups is 1. The summed E-state index contributed by atoms with van der Waals surface area (Å²) in [6.07, 6.45) is 2.73. The second-order valence-electron chi connectivity index (χ2n) is 4.36. The van der Waals surface area contributed by atoms with Crippen LogP contribution in [0.5, 0.6) is 0 Å². The van der Waals surface area contributed by atoms with Gasteiger partial charge in [0.1, 0.15) is 16.4 Å². The van der Waals surface area contributed by atoms with E-state index in [1.165, 1.54) is 0 Å². The monoisotopic (exact) mass is 291 g/mol. The molecule has 6 heteroatoms. The van der Waals surface area contributed by atoms with Crippen LogP contribution in [0, 0.1) is 13.8 Å². The van der Waals surface area contributed by atoms with Gasteiger partial charge in [0, 0.05) is 6.20 Å². The molecule has 0 radical (unpaired) electrons. The van der Waals surface area contributed by atoms with E-state index in [4.69, 9.17) is 4.52 Å². The SMILES string of the molecule is CCCSc1ncccc1C(=O)Nc1c(C)noc1C. The smallest absolute Gasteiger partial charge is 0.258 e. The third kappa shape index (κ3) is 3.19. The first-order chi connectivity index (χ1) is 9.63. The molecule has 0 aliphatic carbocycles. The summed E-state index contributed by atoms with van der Waals surface area (Å²) in [6, 6.07) is 3.54. The van der Waals surface area contributed by atoms with Gasteiger partial charge in [0.15, 0.2) is 5.76 Å². The molecule has 0 aromatic carbocycles. The molecular weight excluding hydrogens is 274 g/mol. The third-order valence-electron chi connectivity index (χ3n) is 2.73. The van der Waals surface area contributed by atoms with Crippen LogP contribution in [-0.4, -0.2) is 21.8 Å². The zero-order valence-corrected chi connectivity index (χ0v) is 12.6. The lowest BCUT2D eigenvalue weighted by molar-refractivity contribution is 0.102. The van der Waals surface area contributed by atoms with Gasteiger partial charge < -0.3 is 9.84 Å². The van der Waals surface area contributed by atoms with Crippen LogP contribution in [0.2, 0.25) is 0 Å². The first kappa shape index (κ1) is 14.6. The lowest BCUT2D eigenvalue weighted by Crippen LogP contribution is -2.14. The van der Waals surface area contributed by atoms with Crippen molar-refractivity contribution in [2.45, 2.75) is 32.2 Å². The quantitative estimate of drug-likeness (QED) is 0.855. The van der Waals surface area contributed by atoms with Gasteiger partial charge in [0.05, 0.1) is 5.56 Å². The van der Waals surface area contributed by atoms with Gasteiger partial charge in [0.25, 0.3) is 5.91 Å². The maximum Gasteiger partial charge on any atom is 0.258 e. The fourth-order valence-electron chi connectivity index (χ4n) is 1.72. The van der Waals surface area contributed by atoms with Crippen LogP contribution < -0.4 is 5.32 Å². The minimum atomic E-state index is -0.189. The van der Waals surface area contributed by atoms with E-state index in [-0.39, 0.29) is 5.91 Å². The average molecular weight is 291 g/mol. The average Bonchev–Trinajstić information content (AvgIpc) is 2.77. The topological polar surface area (TPSA) is 68.0 Å². The van der Waals surface area contributed by atoms with E-state index < -0.39 is 0 Å². The number of rotatable bonds is 5. The molecule has 0 bridgehead atoms. The highest BCUT2D eigenvalue weighted by atomic mass is 32.2. The Morgan fingerprint density at radius 1 is 1.45 bits per heavy atom. The van der Waals surface area contributed by atoms with Gasteiger partial charge in [-0.2, -0.15) is 0 Å². The Balaban J connectivity index is 2.21. The summed E-state index contributed by atoms with van der Waals surface area (Å²) in [7, 11) is 0. The van der Waals surface area contributed by atoms with E-state index >= 15 is 0 Å². The van der Waals surface area contributed by atoms with E-state index in [2.05, 4.69) is 22.4 Å². The normalized spacial score (nSPS) is 10.6. The van der Waals surface area contributed by atoms with Crippen molar-refractivity contribution in [3.8, 4) is 0 Å². The van der Waals surface area contributed by atoms with Crippen molar-refractivity contribution >= 4 is 23.4 Å². The molecule has 0 atom stereocenters. The summed E-state index contributed by atoms with van der Waals surface area (Å²) < 4.78 is 5.04.